The van der Waals surface area contributed by atoms with Crippen molar-refractivity contribution in [3.8, 4) is 0 Å². The van der Waals surface area contributed by atoms with E-state index in [4.69, 9.17) is 4.74 Å². The summed E-state index contributed by atoms with van der Waals surface area (Å²) in [5.74, 6) is -0.870. The van der Waals surface area contributed by atoms with Gasteiger partial charge in [0.2, 0.25) is 5.91 Å². The standard InChI is InChI=1S/C20H24N2O5S2/c1-3-27-20(24)16-6-4-7-17(14(16)2)21-19(23)15-9-11-22(12-10-15)29(25,26)18-8-5-13-28-18/h4-8,13,15H,3,9-12H2,1-2H3,(H,21,23). The van der Waals surface area contributed by atoms with Gasteiger partial charge in [-0.1, -0.05) is 12.1 Å². The third-order valence-electron chi connectivity index (χ3n) is 5.00. The normalized spacial score (nSPS) is 15.8. The first kappa shape index (κ1) is 21.5. The topological polar surface area (TPSA) is 92.8 Å². The van der Waals surface area contributed by atoms with Crippen LogP contribution in [0.4, 0.5) is 5.69 Å². The Bertz CT molecular complexity index is 978. The lowest BCUT2D eigenvalue weighted by molar-refractivity contribution is -0.120. The average Bonchev–Trinajstić information content (AvgIpc) is 3.25. The molecule has 1 aromatic heterocycles. The monoisotopic (exact) mass is 436 g/mol. The minimum absolute atomic E-state index is 0.165. The number of ether oxygens (including phenoxy) is 1. The lowest BCUT2D eigenvalue weighted by Gasteiger charge is -2.30. The van der Waals surface area contributed by atoms with E-state index in [1.54, 1.807) is 49.6 Å². The van der Waals surface area contributed by atoms with Gasteiger partial charge in [-0.05, 0) is 55.8 Å². The molecule has 2 heterocycles. The summed E-state index contributed by atoms with van der Waals surface area (Å²) in [7, 11) is -3.49. The summed E-state index contributed by atoms with van der Waals surface area (Å²) < 4.78 is 32.0. The van der Waals surface area contributed by atoms with Crippen LogP contribution in [0, 0.1) is 12.8 Å². The summed E-state index contributed by atoms with van der Waals surface area (Å²) in [5, 5.41) is 4.62. The highest BCUT2D eigenvalue weighted by Gasteiger charge is 2.32. The molecule has 156 valence electrons. The molecule has 0 unspecified atom stereocenters. The van der Waals surface area contributed by atoms with Crippen molar-refractivity contribution < 1.29 is 22.7 Å². The molecule has 0 saturated carbocycles. The van der Waals surface area contributed by atoms with Gasteiger partial charge in [0.1, 0.15) is 4.21 Å². The number of piperidine rings is 1. The van der Waals surface area contributed by atoms with Gasteiger partial charge in [-0.25, -0.2) is 13.2 Å². The Morgan fingerprint density at radius 2 is 1.93 bits per heavy atom. The van der Waals surface area contributed by atoms with Gasteiger partial charge in [0.25, 0.3) is 10.0 Å². The van der Waals surface area contributed by atoms with Crippen molar-refractivity contribution in [3.05, 3.63) is 46.8 Å². The number of carbonyl (C=O) groups excluding carboxylic acids is 2. The largest absolute Gasteiger partial charge is 0.462 e. The summed E-state index contributed by atoms with van der Waals surface area (Å²) in [5.41, 5.74) is 1.63. The first-order valence-electron chi connectivity index (χ1n) is 9.45. The van der Waals surface area contributed by atoms with Crippen LogP contribution in [0.3, 0.4) is 0 Å². The number of benzene rings is 1. The lowest BCUT2D eigenvalue weighted by Crippen LogP contribution is -2.41. The summed E-state index contributed by atoms with van der Waals surface area (Å²) in [6.45, 7) is 4.39. The molecule has 1 N–H and O–H groups in total. The summed E-state index contributed by atoms with van der Waals surface area (Å²) in [4.78, 5) is 24.8. The molecule has 1 aliphatic rings. The Labute approximate surface area is 174 Å². The minimum atomic E-state index is -3.49. The summed E-state index contributed by atoms with van der Waals surface area (Å²) >= 11 is 1.19. The van der Waals surface area contributed by atoms with Crippen LogP contribution in [0.25, 0.3) is 0 Å². The van der Waals surface area contributed by atoms with Gasteiger partial charge in [-0.15, -0.1) is 11.3 Å². The number of sulfonamides is 1. The molecule has 0 radical (unpaired) electrons. The van der Waals surface area contributed by atoms with Gasteiger partial charge in [0.15, 0.2) is 0 Å². The number of amides is 1. The molecule has 0 aliphatic carbocycles. The number of thiophene rings is 1. The molecule has 9 heteroatoms. The molecule has 1 saturated heterocycles. The summed E-state index contributed by atoms with van der Waals surface area (Å²) in [6.07, 6.45) is 0.903. The van der Waals surface area contributed by atoms with Crippen LogP contribution < -0.4 is 5.32 Å². The fourth-order valence-electron chi connectivity index (χ4n) is 3.33. The Balaban J connectivity index is 1.63. The first-order chi connectivity index (χ1) is 13.8. The predicted octanol–water partition coefficient (Wildman–Crippen LogP) is 3.27. The Morgan fingerprint density at radius 3 is 2.55 bits per heavy atom. The quantitative estimate of drug-likeness (QED) is 0.702. The minimum Gasteiger partial charge on any atom is -0.462 e. The number of nitrogens with one attached hydrogen (secondary N) is 1. The molecule has 1 amide bonds. The van der Waals surface area contributed by atoms with Crippen molar-refractivity contribution >= 4 is 38.9 Å². The van der Waals surface area contributed by atoms with E-state index in [0.29, 0.717) is 47.0 Å². The number of nitrogens with zero attached hydrogens (tertiary/aromatic N) is 1. The number of carbonyl (C=O) groups is 2. The molecule has 0 bridgehead atoms. The second kappa shape index (κ2) is 9.06. The number of esters is 1. The zero-order chi connectivity index (χ0) is 21.0. The van der Waals surface area contributed by atoms with Crippen LogP contribution in [0.2, 0.25) is 0 Å². The van der Waals surface area contributed by atoms with E-state index in [9.17, 15) is 18.0 Å². The van der Waals surface area contributed by atoms with E-state index in [1.807, 2.05) is 0 Å². The summed E-state index contributed by atoms with van der Waals surface area (Å²) in [6, 6.07) is 8.41. The molecule has 1 aliphatic heterocycles. The van der Waals surface area contributed by atoms with Crippen LogP contribution in [0.15, 0.2) is 39.9 Å². The highest BCUT2D eigenvalue weighted by molar-refractivity contribution is 7.91. The maximum absolute atomic E-state index is 12.7. The molecule has 2 aromatic rings. The lowest BCUT2D eigenvalue weighted by atomic mass is 9.96. The SMILES string of the molecule is CCOC(=O)c1cccc(NC(=O)C2CCN(S(=O)(=O)c3cccs3)CC2)c1C. The van der Waals surface area contributed by atoms with Gasteiger partial charge in [-0.2, -0.15) is 4.31 Å². The zero-order valence-electron chi connectivity index (χ0n) is 16.4. The third kappa shape index (κ3) is 4.68. The smallest absolute Gasteiger partial charge is 0.338 e. The van der Waals surface area contributed by atoms with Crippen LogP contribution >= 0.6 is 11.3 Å². The van der Waals surface area contributed by atoms with Crippen molar-refractivity contribution in [2.75, 3.05) is 25.0 Å². The first-order valence-corrected chi connectivity index (χ1v) is 11.8. The molecular formula is C20H24N2O5S2. The van der Waals surface area contributed by atoms with Crippen LogP contribution in [0.5, 0.6) is 0 Å². The van der Waals surface area contributed by atoms with E-state index in [1.165, 1.54) is 15.6 Å². The van der Waals surface area contributed by atoms with Crippen LogP contribution in [-0.4, -0.2) is 44.3 Å². The van der Waals surface area contributed by atoms with E-state index in [2.05, 4.69) is 5.32 Å². The Kier molecular flexibility index (Phi) is 6.71. The zero-order valence-corrected chi connectivity index (χ0v) is 18.0. The highest BCUT2D eigenvalue weighted by atomic mass is 32.2. The third-order valence-corrected chi connectivity index (χ3v) is 8.27. The van der Waals surface area contributed by atoms with Crippen molar-refractivity contribution in [3.63, 3.8) is 0 Å². The van der Waals surface area contributed by atoms with E-state index < -0.39 is 16.0 Å². The second-order valence-electron chi connectivity index (χ2n) is 6.80. The fraction of sp³-hybridized carbons (Fsp3) is 0.400. The van der Waals surface area contributed by atoms with Crippen LogP contribution in [-0.2, 0) is 19.6 Å². The van der Waals surface area contributed by atoms with Gasteiger partial charge < -0.3 is 10.1 Å². The molecule has 0 spiro atoms. The van der Waals surface area contributed by atoms with Crippen molar-refractivity contribution in [1.82, 2.24) is 4.31 Å². The van der Waals surface area contributed by atoms with E-state index >= 15 is 0 Å². The molecule has 3 rings (SSSR count). The van der Waals surface area contributed by atoms with Crippen molar-refractivity contribution in [1.29, 1.82) is 0 Å². The second-order valence-corrected chi connectivity index (χ2v) is 9.91. The van der Waals surface area contributed by atoms with Gasteiger partial charge in [0.05, 0.1) is 12.2 Å². The molecule has 29 heavy (non-hydrogen) atoms. The van der Waals surface area contributed by atoms with Gasteiger partial charge in [-0.3, -0.25) is 4.79 Å². The fourth-order valence-corrected chi connectivity index (χ4v) is 5.95. The van der Waals surface area contributed by atoms with E-state index in [-0.39, 0.29) is 18.4 Å². The molecule has 1 fully saturated rings. The van der Waals surface area contributed by atoms with Gasteiger partial charge in [0, 0.05) is 24.7 Å². The van der Waals surface area contributed by atoms with Crippen molar-refractivity contribution in [2.45, 2.75) is 30.9 Å². The number of hydrogen-bond acceptors (Lipinski definition) is 6. The molecule has 1 aromatic carbocycles. The predicted molar refractivity (Wildman–Crippen MR) is 112 cm³/mol. The maximum Gasteiger partial charge on any atom is 0.338 e. The number of rotatable bonds is 6. The molecule has 7 nitrogen and oxygen atoms in total. The van der Waals surface area contributed by atoms with Crippen LogP contribution in [0.1, 0.15) is 35.7 Å². The average molecular weight is 437 g/mol. The Morgan fingerprint density at radius 1 is 1.21 bits per heavy atom. The maximum atomic E-state index is 12.7. The Hall–Kier alpha value is -2.23. The number of hydrogen-bond donors (Lipinski definition) is 1. The van der Waals surface area contributed by atoms with E-state index in [0.717, 1.165) is 0 Å². The molecule has 0 atom stereocenters. The highest BCUT2D eigenvalue weighted by Crippen LogP contribution is 2.28. The van der Waals surface area contributed by atoms with Gasteiger partial charge >= 0.3 is 5.97 Å². The molecular weight excluding hydrogens is 412 g/mol. The van der Waals surface area contributed by atoms with Crippen molar-refractivity contribution in [2.24, 2.45) is 5.92 Å². The number of anilines is 1.